The SMILES string of the molecule is CCCOC(CC(C)C)(CC(C)C)C(=O)Nc1ccc(OCC(C)C)cc1. The van der Waals surface area contributed by atoms with Gasteiger partial charge in [0.05, 0.1) is 6.61 Å². The molecule has 0 radical (unpaired) electrons. The molecule has 1 aromatic carbocycles. The van der Waals surface area contributed by atoms with E-state index in [1.54, 1.807) is 0 Å². The minimum Gasteiger partial charge on any atom is -0.493 e. The zero-order valence-corrected chi connectivity index (χ0v) is 18.3. The second-order valence-electron chi connectivity index (χ2n) is 8.72. The molecule has 27 heavy (non-hydrogen) atoms. The van der Waals surface area contributed by atoms with Gasteiger partial charge in [0.1, 0.15) is 11.4 Å². The van der Waals surface area contributed by atoms with Crippen LogP contribution in [0.3, 0.4) is 0 Å². The highest BCUT2D eigenvalue weighted by Gasteiger charge is 2.40. The number of hydrogen-bond donors (Lipinski definition) is 1. The van der Waals surface area contributed by atoms with Crippen molar-refractivity contribution in [3.8, 4) is 5.75 Å². The summed E-state index contributed by atoms with van der Waals surface area (Å²) in [6, 6.07) is 7.58. The Labute approximate surface area is 166 Å². The molecule has 4 nitrogen and oxygen atoms in total. The number of hydrogen-bond acceptors (Lipinski definition) is 3. The van der Waals surface area contributed by atoms with Crippen LogP contribution < -0.4 is 10.1 Å². The fourth-order valence-electron chi connectivity index (χ4n) is 3.21. The number of rotatable bonds is 12. The van der Waals surface area contributed by atoms with Crippen LogP contribution in [-0.2, 0) is 9.53 Å². The molecule has 0 aliphatic carbocycles. The summed E-state index contributed by atoms with van der Waals surface area (Å²) in [6.45, 7) is 16.1. The van der Waals surface area contributed by atoms with E-state index in [1.807, 2.05) is 24.3 Å². The van der Waals surface area contributed by atoms with Crippen LogP contribution in [0.5, 0.6) is 5.75 Å². The van der Waals surface area contributed by atoms with Crippen molar-refractivity contribution in [2.75, 3.05) is 18.5 Å². The van der Waals surface area contributed by atoms with Crippen LogP contribution in [0.4, 0.5) is 5.69 Å². The number of anilines is 1. The Bertz CT molecular complexity index is 539. The normalized spacial score (nSPS) is 12.1. The highest BCUT2D eigenvalue weighted by molar-refractivity contribution is 5.97. The molecule has 0 aliphatic rings. The van der Waals surface area contributed by atoms with Gasteiger partial charge in [-0.3, -0.25) is 4.79 Å². The van der Waals surface area contributed by atoms with Gasteiger partial charge in [0, 0.05) is 12.3 Å². The minimum atomic E-state index is -0.787. The maximum Gasteiger partial charge on any atom is 0.256 e. The van der Waals surface area contributed by atoms with E-state index in [0.717, 1.165) is 17.9 Å². The summed E-state index contributed by atoms with van der Waals surface area (Å²) in [5.41, 5.74) is -0.0144. The topological polar surface area (TPSA) is 47.6 Å². The van der Waals surface area contributed by atoms with E-state index < -0.39 is 5.60 Å². The van der Waals surface area contributed by atoms with Crippen LogP contribution in [0, 0.1) is 17.8 Å². The average molecular weight is 378 g/mol. The number of benzene rings is 1. The molecule has 0 aromatic heterocycles. The van der Waals surface area contributed by atoms with Crippen LogP contribution in [0.1, 0.15) is 67.7 Å². The van der Waals surface area contributed by atoms with Crippen molar-refractivity contribution in [2.45, 2.75) is 73.3 Å². The summed E-state index contributed by atoms with van der Waals surface area (Å²) in [7, 11) is 0. The van der Waals surface area contributed by atoms with Crippen molar-refractivity contribution in [3.63, 3.8) is 0 Å². The summed E-state index contributed by atoms with van der Waals surface area (Å²) < 4.78 is 11.9. The summed E-state index contributed by atoms with van der Waals surface area (Å²) in [5.74, 6) is 2.00. The van der Waals surface area contributed by atoms with Crippen LogP contribution in [0.15, 0.2) is 24.3 Å². The molecular weight excluding hydrogens is 338 g/mol. The molecule has 0 spiro atoms. The fourth-order valence-corrected chi connectivity index (χ4v) is 3.21. The van der Waals surface area contributed by atoms with Gasteiger partial charge in [-0.2, -0.15) is 0 Å². The van der Waals surface area contributed by atoms with Crippen LogP contribution in [0.2, 0.25) is 0 Å². The van der Waals surface area contributed by atoms with Crippen LogP contribution >= 0.6 is 0 Å². The Kier molecular flexibility index (Phi) is 9.86. The van der Waals surface area contributed by atoms with Gasteiger partial charge in [-0.05, 0) is 61.3 Å². The average Bonchev–Trinajstić information content (AvgIpc) is 2.58. The Morgan fingerprint density at radius 2 is 1.52 bits per heavy atom. The molecule has 0 saturated carbocycles. The Hall–Kier alpha value is -1.55. The third-order valence-corrected chi connectivity index (χ3v) is 4.17. The summed E-state index contributed by atoms with van der Waals surface area (Å²) in [6.07, 6.45) is 2.33. The monoisotopic (exact) mass is 377 g/mol. The van der Waals surface area contributed by atoms with Crippen molar-refractivity contribution in [1.82, 2.24) is 0 Å². The van der Waals surface area contributed by atoms with Gasteiger partial charge < -0.3 is 14.8 Å². The van der Waals surface area contributed by atoms with E-state index in [-0.39, 0.29) is 5.91 Å². The van der Waals surface area contributed by atoms with E-state index in [4.69, 9.17) is 9.47 Å². The summed E-state index contributed by atoms with van der Waals surface area (Å²) in [4.78, 5) is 13.2. The molecule has 0 saturated heterocycles. The lowest BCUT2D eigenvalue weighted by molar-refractivity contribution is -0.147. The van der Waals surface area contributed by atoms with Crippen LogP contribution in [-0.4, -0.2) is 24.7 Å². The van der Waals surface area contributed by atoms with Crippen molar-refractivity contribution in [3.05, 3.63) is 24.3 Å². The lowest BCUT2D eigenvalue weighted by atomic mass is 9.83. The number of amides is 1. The third-order valence-electron chi connectivity index (χ3n) is 4.17. The maximum atomic E-state index is 13.2. The molecule has 0 unspecified atom stereocenters. The van der Waals surface area contributed by atoms with Crippen LogP contribution in [0.25, 0.3) is 0 Å². The highest BCUT2D eigenvalue weighted by atomic mass is 16.5. The predicted molar refractivity (Wildman–Crippen MR) is 113 cm³/mol. The molecule has 0 aliphatic heterocycles. The first-order chi connectivity index (χ1) is 12.7. The van der Waals surface area contributed by atoms with Crippen molar-refractivity contribution < 1.29 is 14.3 Å². The van der Waals surface area contributed by atoms with Crippen molar-refractivity contribution >= 4 is 11.6 Å². The molecule has 0 bridgehead atoms. The van der Waals surface area contributed by atoms with Gasteiger partial charge in [0.2, 0.25) is 0 Å². The van der Waals surface area contributed by atoms with E-state index >= 15 is 0 Å². The number of carbonyl (C=O) groups excluding carboxylic acids is 1. The molecule has 154 valence electrons. The van der Waals surface area contributed by atoms with Gasteiger partial charge in [-0.15, -0.1) is 0 Å². The molecule has 1 rings (SSSR count). The fraction of sp³-hybridized carbons (Fsp3) is 0.696. The zero-order chi connectivity index (χ0) is 20.4. The molecule has 0 heterocycles. The first-order valence-corrected chi connectivity index (χ1v) is 10.4. The molecule has 0 fully saturated rings. The first kappa shape index (κ1) is 23.5. The summed E-state index contributed by atoms with van der Waals surface area (Å²) >= 11 is 0. The molecular formula is C23H39NO3. The van der Waals surface area contributed by atoms with Crippen molar-refractivity contribution in [1.29, 1.82) is 0 Å². The second-order valence-corrected chi connectivity index (χ2v) is 8.72. The minimum absolute atomic E-state index is 0.0470. The zero-order valence-electron chi connectivity index (χ0n) is 18.3. The van der Waals surface area contributed by atoms with Gasteiger partial charge in [0.15, 0.2) is 0 Å². The predicted octanol–water partition coefficient (Wildman–Crippen LogP) is 5.92. The first-order valence-electron chi connectivity index (χ1n) is 10.4. The largest absolute Gasteiger partial charge is 0.493 e. The van der Waals surface area contributed by atoms with Crippen molar-refractivity contribution in [2.24, 2.45) is 17.8 Å². The Morgan fingerprint density at radius 1 is 0.963 bits per heavy atom. The van der Waals surface area contributed by atoms with Gasteiger partial charge in [-0.1, -0.05) is 48.5 Å². The second kappa shape index (κ2) is 11.3. The highest BCUT2D eigenvalue weighted by Crippen LogP contribution is 2.31. The quantitative estimate of drug-likeness (QED) is 0.492. The van der Waals surface area contributed by atoms with E-state index in [0.29, 0.717) is 43.8 Å². The smallest absolute Gasteiger partial charge is 0.256 e. The van der Waals surface area contributed by atoms with Gasteiger partial charge in [0.25, 0.3) is 5.91 Å². The van der Waals surface area contributed by atoms with E-state index in [2.05, 4.69) is 53.8 Å². The molecule has 1 aromatic rings. The van der Waals surface area contributed by atoms with E-state index in [9.17, 15) is 4.79 Å². The Morgan fingerprint density at radius 3 is 1.96 bits per heavy atom. The summed E-state index contributed by atoms with van der Waals surface area (Å²) in [5, 5.41) is 3.08. The lowest BCUT2D eigenvalue weighted by Crippen LogP contribution is -2.47. The molecule has 0 atom stereocenters. The molecule has 4 heteroatoms. The van der Waals surface area contributed by atoms with Gasteiger partial charge in [-0.25, -0.2) is 0 Å². The van der Waals surface area contributed by atoms with Gasteiger partial charge >= 0.3 is 0 Å². The molecule has 1 N–H and O–H groups in total. The third kappa shape index (κ3) is 8.34. The maximum absolute atomic E-state index is 13.2. The Balaban J connectivity index is 2.93. The number of carbonyl (C=O) groups is 1. The van der Waals surface area contributed by atoms with E-state index in [1.165, 1.54) is 0 Å². The lowest BCUT2D eigenvalue weighted by Gasteiger charge is -2.35. The molecule has 1 amide bonds. The number of nitrogens with one attached hydrogen (secondary N) is 1. The number of ether oxygens (including phenoxy) is 2. The standard InChI is InChI=1S/C23H39NO3/c1-8-13-27-23(14-17(2)3,15-18(4)5)22(25)24-20-9-11-21(12-10-20)26-16-19(6)7/h9-12,17-19H,8,13-16H2,1-7H3,(H,24,25).